The monoisotopic (exact) mass is 255 g/mol. The summed E-state index contributed by atoms with van der Waals surface area (Å²) in [4.78, 5) is 2.30. The normalized spacial score (nSPS) is 19.8. The lowest BCUT2D eigenvalue weighted by molar-refractivity contribution is 0.225. The van der Waals surface area contributed by atoms with Gasteiger partial charge in [0.15, 0.2) is 0 Å². The van der Waals surface area contributed by atoms with E-state index in [-0.39, 0.29) is 0 Å². The molecule has 0 bridgehead atoms. The van der Waals surface area contributed by atoms with E-state index in [4.69, 9.17) is 0 Å². The Morgan fingerprint density at radius 1 is 1.32 bits per heavy atom. The predicted molar refractivity (Wildman–Crippen MR) is 78.9 cm³/mol. The van der Waals surface area contributed by atoms with Crippen molar-refractivity contribution in [3.8, 4) is 0 Å². The minimum absolute atomic E-state index is 0.499. The summed E-state index contributed by atoms with van der Waals surface area (Å²) in [6, 6.07) is 8.66. The molecule has 3 rings (SSSR count). The fraction of sp³-hybridized carbons (Fsp3) is 0.412. The van der Waals surface area contributed by atoms with E-state index in [0.29, 0.717) is 5.76 Å². The summed E-state index contributed by atoms with van der Waals surface area (Å²) in [6.07, 6.45) is 6.85. The van der Waals surface area contributed by atoms with Crippen LogP contribution >= 0.6 is 0 Å². The van der Waals surface area contributed by atoms with E-state index in [1.807, 2.05) is 0 Å². The molecule has 0 unspecified atom stereocenters. The maximum absolute atomic E-state index is 9.50. The number of hydrogen-bond acceptors (Lipinski definition) is 2. The first kappa shape index (κ1) is 12.3. The van der Waals surface area contributed by atoms with Crippen LogP contribution in [0.5, 0.6) is 0 Å². The largest absolute Gasteiger partial charge is 0.511 e. The lowest BCUT2D eigenvalue weighted by Gasteiger charge is -2.37. The molecule has 1 aromatic carbocycles. The average Bonchev–Trinajstić information content (AvgIpc) is 2.74. The summed E-state index contributed by atoms with van der Waals surface area (Å²) in [5.41, 5.74) is 5.55. The molecule has 1 N–H and O–H groups in total. The molecule has 1 aromatic rings. The minimum atomic E-state index is 0.499. The van der Waals surface area contributed by atoms with Crippen LogP contribution < -0.4 is 0 Å². The Bertz CT molecular complexity index is 538. The van der Waals surface area contributed by atoms with Crippen LogP contribution in [0.2, 0.25) is 0 Å². The Labute approximate surface area is 115 Å². The average molecular weight is 255 g/mol. The second kappa shape index (κ2) is 5.12. The SMILES string of the molecule is C/C(O)=C1\CCN1CCCC1=Cc2ccccc2C1. The minimum Gasteiger partial charge on any atom is -0.511 e. The number of likely N-dealkylation sites (tertiary alicyclic amines) is 1. The molecule has 1 aliphatic heterocycles. The molecule has 2 aliphatic rings. The number of hydrogen-bond donors (Lipinski definition) is 1. The number of fused-ring (bicyclic) bond motifs is 1. The van der Waals surface area contributed by atoms with Crippen molar-refractivity contribution < 1.29 is 5.11 Å². The Kier molecular flexibility index (Phi) is 3.33. The van der Waals surface area contributed by atoms with Gasteiger partial charge in [0.1, 0.15) is 5.76 Å². The summed E-state index contributed by atoms with van der Waals surface area (Å²) in [5.74, 6) is 0.499. The van der Waals surface area contributed by atoms with Crippen LogP contribution in [0.15, 0.2) is 41.3 Å². The van der Waals surface area contributed by atoms with E-state index in [0.717, 1.165) is 31.6 Å². The molecule has 0 spiro atoms. The van der Waals surface area contributed by atoms with Gasteiger partial charge in [-0.1, -0.05) is 35.9 Å². The number of rotatable bonds is 4. The zero-order chi connectivity index (χ0) is 13.2. The molecule has 1 aliphatic carbocycles. The molecule has 1 fully saturated rings. The third kappa shape index (κ3) is 2.53. The number of benzene rings is 1. The van der Waals surface area contributed by atoms with Crippen LogP contribution in [0.25, 0.3) is 6.08 Å². The maximum atomic E-state index is 9.50. The van der Waals surface area contributed by atoms with Crippen molar-refractivity contribution in [2.24, 2.45) is 0 Å². The zero-order valence-electron chi connectivity index (χ0n) is 11.5. The molecule has 0 amide bonds. The summed E-state index contributed by atoms with van der Waals surface area (Å²) >= 11 is 0. The van der Waals surface area contributed by atoms with Crippen LogP contribution in [-0.2, 0) is 6.42 Å². The van der Waals surface area contributed by atoms with Crippen molar-refractivity contribution in [3.05, 3.63) is 52.4 Å². The summed E-state index contributed by atoms with van der Waals surface area (Å²) in [6.45, 7) is 3.96. The van der Waals surface area contributed by atoms with Crippen molar-refractivity contribution in [1.29, 1.82) is 0 Å². The molecule has 0 radical (unpaired) electrons. The van der Waals surface area contributed by atoms with E-state index in [9.17, 15) is 5.11 Å². The van der Waals surface area contributed by atoms with Gasteiger partial charge in [-0.3, -0.25) is 0 Å². The van der Waals surface area contributed by atoms with E-state index in [1.54, 1.807) is 12.5 Å². The second-order valence-corrected chi connectivity index (χ2v) is 5.55. The molecule has 1 heterocycles. The molecule has 0 saturated carbocycles. The summed E-state index contributed by atoms with van der Waals surface area (Å²) < 4.78 is 0. The number of aliphatic hydroxyl groups is 1. The summed E-state index contributed by atoms with van der Waals surface area (Å²) in [5, 5.41) is 9.50. The van der Waals surface area contributed by atoms with E-state index in [2.05, 4.69) is 35.2 Å². The van der Waals surface area contributed by atoms with E-state index in [1.165, 1.54) is 24.0 Å². The Balaban J connectivity index is 1.49. The van der Waals surface area contributed by atoms with Gasteiger partial charge < -0.3 is 10.0 Å². The van der Waals surface area contributed by atoms with Gasteiger partial charge in [0, 0.05) is 19.5 Å². The molecule has 19 heavy (non-hydrogen) atoms. The summed E-state index contributed by atoms with van der Waals surface area (Å²) in [7, 11) is 0. The molecule has 0 atom stereocenters. The van der Waals surface area contributed by atoms with Gasteiger partial charge in [-0.15, -0.1) is 0 Å². The lowest BCUT2D eigenvalue weighted by atomic mass is 10.0. The first-order chi connectivity index (χ1) is 9.24. The molecular formula is C17H21NO. The topological polar surface area (TPSA) is 23.5 Å². The molecular weight excluding hydrogens is 234 g/mol. The fourth-order valence-electron chi connectivity index (χ4n) is 3.05. The molecule has 2 heteroatoms. The zero-order valence-corrected chi connectivity index (χ0v) is 11.5. The van der Waals surface area contributed by atoms with Crippen LogP contribution in [0, 0.1) is 0 Å². The van der Waals surface area contributed by atoms with Crippen molar-refractivity contribution in [2.45, 2.75) is 32.6 Å². The molecule has 0 aromatic heterocycles. The van der Waals surface area contributed by atoms with Crippen LogP contribution in [0.4, 0.5) is 0 Å². The molecule has 2 nitrogen and oxygen atoms in total. The first-order valence-electron chi connectivity index (χ1n) is 7.15. The van der Waals surface area contributed by atoms with E-state index >= 15 is 0 Å². The molecule has 100 valence electrons. The highest BCUT2D eigenvalue weighted by Crippen LogP contribution is 2.29. The van der Waals surface area contributed by atoms with Crippen LogP contribution in [0.3, 0.4) is 0 Å². The maximum Gasteiger partial charge on any atom is 0.108 e. The third-order valence-electron chi connectivity index (χ3n) is 4.18. The molecule has 1 saturated heterocycles. The van der Waals surface area contributed by atoms with Crippen molar-refractivity contribution >= 4 is 6.08 Å². The Hall–Kier alpha value is -1.70. The highest BCUT2D eigenvalue weighted by Gasteiger charge is 2.22. The van der Waals surface area contributed by atoms with Crippen molar-refractivity contribution in [2.75, 3.05) is 13.1 Å². The van der Waals surface area contributed by atoms with Gasteiger partial charge in [-0.25, -0.2) is 0 Å². The standard InChI is InChI=1S/C17H21NO/c1-13(19)17-8-10-18(17)9-4-5-14-11-15-6-2-3-7-16(15)12-14/h2-3,6-7,11,19H,4-5,8-10,12H2,1H3/b17-13-. The third-order valence-corrected chi connectivity index (χ3v) is 4.18. The van der Waals surface area contributed by atoms with Crippen molar-refractivity contribution in [3.63, 3.8) is 0 Å². The van der Waals surface area contributed by atoms with Gasteiger partial charge in [0.05, 0.1) is 5.70 Å². The van der Waals surface area contributed by atoms with Gasteiger partial charge >= 0.3 is 0 Å². The van der Waals surface area contributed by atoms with Gasteiger partial charge in [0.2, 0.25) is 0 Å². The predicted octanol–water partition coefficient (Wildman–Crippen LogP) is 3.90. The number of aliphatic hydroxyl groups excluding tert-OH is 1. The lowest BCUT2D eigenvalue weighted by Crippen LogP contribution is -2.36. The first-order valence-corrected chi connectivity index (χ1v) is 7.15. The van der Waals surface area contributed by atoms with Gasteiger partial charge in [0.25, 0.3) is 0 Å². The quantitative estimate of drug-likeness (QED) is 0.825. The van der Waals surface area contributed by atoms with E-state index < -0.39 is 0 Å². The highest BCUT2D eigenvalue weighted by atomic mass is 16.3. The highest BCUT2D eigenvalue weighted by molar-refractivity contribution is 5.63. The second-order valence-electron chi connectivity index (χ2n) is 5.55. The van der Waals surface area contributed by atoms with Gasteiger partial charge in [-0.2, -0.15) is 0 Å². The van der Waals surface area contributed by atoms with Crippen LogP contribution in [0.1, 0.15) is 37.3 Å². The van der Waals surface area contributed by atoms with Crippen LogP contribution in [-0.4, -0.2) is 23.1 Å². The number of allylic oxidation sites excluding steroid dienone is 2. The number of nitrogens with zero attached hydrogens (tertiary/aromatic N) is 1. The Morgan fingerprint density at radius 2 is 2.16 bits per heavy atom. The van der Waals surface area contributed by atoms with Gasteiger partial charge in [-0.05, 0) is 37.3 Å². The smallest absolute Gasteiger partial charge is 0.108 e. The van der Waals surface area contributed by atoms with Crippen molar-refractivity contribution in [1.82, 2.24) is 4.90 Å². The Morgan fingerprint density at radius 3 is 2.84 bits per heavy atom. The fourth-order valence-corrected chi connectivity index (χ4v) is 3.05.